The van der Waals surface area contributed by atoms with Crippen molar-refractivity contribution in [3.05, 3.63) is 57.7 Å². The summed E-state index contributed by atoms with van der Waals surface area (Å²) in [6.45, 7) is 0. The molecule has 19 heavy (non-hydrogen) atoms. The number of hydrogen-bond donors (Lipinski definition) is 0. The molecule has 0 heterocycles. The molecule has 0 N–H and O–H groups in total. The Morgan fingerprint density at radius 3 is 1.79 bits per heavy atom. The minimum absolute atomic E-state index is 0.805. The van der Waals surface area contributed by atoms with Gasteiger partial charge in [-0.25, -0.2) is 0 Å². The van der Waals surface area contributed by atoms with Gasteiger partial charge in [0.1, 0.15) is 0 Å². The summed E-state index contributed by atoms with van der Waals surface area (Å²) < 4.78 is 1.29. The molecular formula is C18H19I. The lowest BCUT2D eigenvalue weighted by molar-refractivity contribution is 0.443. The summed E-state index contributed by atoms with van der Waals surface area (Å²) in [5.41, 5.74) is 4.18. The molecule has 2 aromatic carbocycles. The lowest BCUT2D eigenvalue weighted by Gasteiger charge is -2.22. The molecule has 0 saturated heterocycles. The molecule has 1 heteroatoms. The SMILES string of the molecule is Ic1ccc(-c2ccc(C3CCCCC3)cc2)cc1. The van der Waals surface area contributed by atoms with Crippen LogP contribution >= 0.6 is 22.6 Å². The van der Waals surface area contributed by atoms with Crippen LogP contribution in [0.2, 0.25) is 0 Å². The van der Waals surface area contributed by atoms with Gasteiger partial charge in [-0.2, -0.15) is 0 Å². The van der Waals surface area contributed by atoms with Gasteiger partial charge in [0.15, 0.2) is 0 Å². The highest BCUT2D eigenvalue weighted by atomic mass is 127. The Bertz CT molecular complexity index is 519. The van der Waals surface area contributed by atoms with Crippen molar-refractivity contribution in [2.75, 3.05) is 0 Å². The number of rotatable bonds is 2. The summed E-state index contributed by atoms with van der Waals surface area (Å²) in [5, 5.41) is 0. The fourth-order valence-corrected chi connectivity index (χ4v) is 3.39. The van der Waals surface area contributed by atoms with Crippen molar-refractivity contribution in [3.63, 3.8) is 0 Å². The topological polar surface area (TPSA) is 0 Å². The molecule has 0 aliphatic heterocycles. The van der Waals surface area contributed by atoms with E-state index >= 15 is 0 Å². The second-order valence-electron chi connectivity index (χ2n) is 5.46. The first-order chi connectivity index (χ1) is 9.33. The van der Waals surface area contributed by atoms with E-state index in [1.165, 1.54) is 52.4 Å². The van der Waals surface area contributed by atoms with Gasteiger partial charge in [0, 0.05) is 3.57 Å². The molecule has 0 unspecified atom stereocenters. The average Bonchev–Trinajstić information content (AvgIpc) is 2.49. The van der Waals surface area contributed by atoms with Crippen molar-refractivity contribution in [3.8, 4) is 11.1 Å². The molecule has 1 aliphatic carbocycles. The van der Waals surface area contributed by atoms with Gasteiger partial charge >= 0.3 is 0 Å². The van der Waals surface area contributed by atoms with Crippen LogP contribution in [0.4, 0.5) is 0 Å². The maximum Gasteiger partial charge on any atom is 0.0130 e. The van der Waals surface area contributed by atoms with E-state index in [2.05, 4.69) is 71.1 Å². The van der Waals surface area contributed by atoms with Gasteiger partial charge < -0.3 is 0 Å². The van der Waals surface area contributed by atoms with E-state index in [4.69, 9.17) is 0 Å². The average molecular weight is 362 g/mol. The first kappa shape index (κ1) is 13.2. The minimum Gasteiger partial charge on any atom is -0.0581 e. The molecule has 0 amide bonds. The number of benzene rings is 2. The van der Waals surface area contributed by atoms with E-state index in [0.717, 1.165) is 5.92 Å². The second-order valence-corrected chi connectivity index (χ2v) is 6.71. The maximum absolute atomic E-state index is 2.35. The summed E-state index contributed by atoms with van der Waals surface area (Å²) in [5.74, 6) is 0.805. The zero-order valence-electron chi connectivity index (χ0n) is 11.1. The molecule has 3 rings (SSSR count). The van der Waals surface area contributed by atoms with E-state index in [9.17, 15) is 0 Å². The van der Waals surface area contributed by atoms with Crippen LogP contribution in [0.25, 0.3) is 11.1 Å². The maximum atomic E-state index is 2.35. The molecule has 0 atom stereocenters. The molecule has 0 spiro atoms. The quantitative estimate of drug-likeness (QED) is 0.575. The Kier molecular flexibility index (Phi) is 4.21. The van der Waals surface area contributed by atoms with Crippen molar-refractivity contribution >= 4 is 22.6 Å². The lowest BCUT2D eigenvalue weighted by Crippen LogP contribution is -2.04. The molecule has 1 saturated carbocycles. The van der Waals surface area contributed by atoms with Crippen molar-refractivity contribution in [1.82, 2.24) is 0 Å². The standard InChI is InChI=1S/C18H19I/c19-18-12-10-17(11-13-18)16-8-6-15(7-9-16)14-4-2-1-3-5-14/h6-14H,1-5H2. The van der Waals surface area contributed by atoms with Crippen LogP contribution in [-0.2, 0) is 0 Å². The Balaban J connectivity index is 1.80. The number of hydrogen-bond acceptors (Lipinski definition) is 0. The smallest absolute Gasteiger partial charge is 0.0130 e. The molecule has 98 valence electrons. The molecule has 1 aliphatic rings. The van der Waals surface area contributed by atoms with E-state index in [0.29, 0.717) is 0 Å². The Morgan fingerprint density at radius 2 is 1.21 bits per heavy atom. The van der Waals surface area contributed by atoms with Crippen LogP contribution < -0.4 is 0 Å². The van der Waals surface area contributed by atoms with Gasteiger partial charge in [-0.15, -0.1) is 0 Å². The lowest BCUT2D eigenvalue weighted by atomic mass is 9.84. The van der Waals surface area contributed by atoms with Crippen LogP contribution in [-0.4, -0.2) is 0 Å². The van der Waals surface area contributed by atoms with Crippen molar-refractivity contribution < 1.29 is 0 Å². The summed E-state index contributed by atoms with van der Waals surface area (Å²) in [7, 11) is 0. The minimum atomic E-state index is 0.805. The summed E-state index contributed by atoms with van der Waals surface area (Å²) in [6, 6.07) is 18.0. The first-order valence-electron chi connectivity index (χ1n) is 7.19. The van der Waals surface area contributed by atoms with E-state index in [1.807, 2.05) is 0 Å². The van der Waals surface area contributed by atoms with Gasteiger partial charge in [-0.05, 0) is 70.2 Å². The van der Waals surface area contributed by atoms with Gasteiger partial charge in [0.2, 0.25) is 0 Å². The van der Waals surface area contributed by atoms with Gasteiger partial charge in [0.25, 0.3) is 0 Å². The molecule has 0 nitrogen and oxygen atoms in total. The van der Waals surface area contributed by atoms with Gasteiger partial charge in [0.05, 0.1) is 0 Å². The van der Waals surface area contributed by atoms with Crippen molar-refractivity contribution in [2.45, 2.75) is 38.0 Å². The fraction of sp³-hybridized carbons (Fsp3) is 0.333. The van der Waals surface area contributed by atoms with Crippen LogP contribution in [0.5, 0.6) is 0 Å². The van der Waals surface area contributed by atoms with E-state index in [-0.39, 0.29) is 0 Å². The van der Waals surface area contributed by atoms with Crippen LogP contribution in [0.1, 0.15) is 43.6 Å². The third-order valence-corrected chi connectivity index (χ3v) is 4.88. The highest BCUT2D eigenvalue weighted by Gasteiger charge is 2.15. The molecule has 0 bridgehead atoms. The van der Waals surface area contributed by atoms with E-state index < -0.39 is 0 Å². The third kappa shape index (κ3) is 3.19. The fourth-order valence-electron chi connectivity index (χ4n) is 3.03. The highest BCUT2D eigenvalue weighted by Crippen LogP contribution is 2.33. The predicted molar refractivity (Wildman–Crippen MR) is 90.4 cm³/mol. The van der Waals surface area contributed by atoms with Gasteiger partial charge in [-0.1, -0.05) is 55.7 Å². The summed E-state index contributed by atoms with van der Waals surface area (Å²) >= 11 is 2.35. The number of halogens is 1. The summed E-state index contributed by atoms with van der Waals surface area (Å²) in [4.78, 5) is 0. The molecule has 1 fully saturated rings. The highest BCUT2D eigenvalue weighted by molar-refractivity contribution is 14.1. The third-order valence-electron chi connectivity index (χ3n) is 4.16. The van der Waals surface area contributed by atoms with Crippen LogP contribution in [0.3, 0.4) is 0 Å². The monoisotopic (exact) mass is 362 g/mol. The first-order valence-corrected chi connectivity index (χ1v) is 8.27. The normalized spacial score (nSPS) is 16.5. The van der Waals surface area contributed by atoms with Crippen molar-refractivity contribution in [2.24, 2.45) is 0 Å². The van der Waals surface area contributed by atoms with Crippen LogP contribution in [0.15, 0.2) is 48.5 Å². The van der Waals surface area contributed by atoms with Gasteiger partial charge in [-0.3, -0.25) is 0 Å². The summed E-state index contributed by atoms with van der Waals surface area (Å²) in [6.07, 6.45) is 7.00. The zero-order chi connectivity index (χ0) is 13.1. The van der Waals surface area contributed by atoms with Crippen LogP contribution in [0, 0.1) is 3.57 Å². The molecular weight excluding hydrogens is 343 g/mol. The molecule has 0 aromatic heterocycles. The zero-order valence-corrected chi connectivity index (χ0v) is 13.3. The predicted octanol–water partition coefficient (Wildman–Crippen LogP) is 6.01. The molecule has 2 aromatic rings. The Hall–Kier alpha value is -0.830. The van der Waals surface area contributed by atoms with Crippen molar-refractivity contribution in [1.29, 1.82) is 0 Å². The largest absolute Gasteiger partial charge is 0.0581 e. The Labute approximate surface area is 129 Å². The second kappa shape index (κ2) is 6.08. The Morgan fingerprint density at radius 1 is 0.684 bits per heavy atom. The molecule has 0 radical (unpaired) electrons. The van der Waals surface area contributed by atoms with E-state index in [1.54, 1.807) is 0 Å².